The van der Waals surface area contributed by atoms with Gasteiger partial charge < -0.3 is 24.6 Å². The van der Waals surface area contributed by atoms with E-state index in [1.807, 2.05) is 17.5 Å². The van der Waals surface area contributed by atoms with Crippen molar-refractivity contribution in [2.24, 2.45) is 0 Å². The van der Waals surface area contributed by atoms with Crippen molar-refractivity contribution in [3.05, 3.63) is 47.2 Å². The minimum atomic E-state index is -0.338. The van der Waals surface area contributed by atoms with Crippen molar-refractivity contribution in [3.63, 3.8) is 0 Å². The van der Waals surface area contributed by atoms with Crippen LogP contribution in [0.2, 0.25) is 0 Å². The third-order valence-corrected chi connectivity index (χ3v) is 5.51. The van der Waals surface area contributed by atoms with E-state index < -0.39 is 0 Å². The summed E-state index contributed by atoms with van der Waals surface area (Å²) in [5.74, 6) is 1.82. The normalized spacial score (nSPS) is 12.0. The van der Waals surface area contributed by atoms with Gasteiger partial charge in [0, 0.05) is 18.5 Å². The number of benzene rings is 1. The maximum absolute atomic E-state index is 12.2. The largest absolute Gasteiger partial charge is 0.454 e. The van der Waals surface area contributed by atoms with Crippen LogP contribution in [-0.4, -0.2) is 41.8 Å². The lowest BCUT2D eigenvalue weighted by molar-refractivity contribution is -0.120. The first-order chi connectivity index (χ1) is 15.2. The highest BCUT2D eigenvalue weighted by Crippen LogP contribution is 2.32. The van der Waals surface area contributed by atoms with Crippen LogP contribution >= 0.6 is 11.3 Å². The van der Waals surface area contributed by atoms with Gasteiger partial charge in [0.05, 0.1) is 11.4 Å². The molecule has 0 saturated carbocycles. The zero-order valence-electron chi connectivity index (χ0n) is 16.8. The fraction of sp³-hybridized carbons (Fsp3) is 0.333. The molecule has 0 unspecified atom stereocenters. The molecule has 1 aromatic carbocycles. The highest BCUT2D eigenvalue weighted by Gasteiger charge is 2.16. The number of hydrogen-bond acceptors (Lipinski definition) is 8. The standard InChI is InChI=1S/C21H22N4O5S/c26-18(12-23-21(27)14-7-8-15-16(11-14)29-13-28-15)22-9-3-1-2-6-19-24-20(25-30-19)17-5-4-10-31-17/h4-5,7-8,10-11H,1-3,6,9,12-13H2,(H,22,26)(H,23,27). The number of nitrogens with one attached hydrogen (secondary N) is 2. The summed E-state index contributed by atoms with van der Waals surface area (Å²) in [7, 11) is 0. The molecular weight excluding hydrogens is 420 g/mol. The summed E-state index contributed by atoms with van der Waals surface area (Å²) in [6, 6.07) is 8.82. The molecule has 4 rings (SSSR count). The molecule has 0 radical (unpaired) electrons. The Morgan fingerprint density at radius 2 is 1.97 bits per heavy atom. The molecule has 1 aliphatic rings. The topological polar surface area (TPSA) is 116 Å². The van der Waals surface area contributed by atoms with Gasteiger partial charge in [0.1, 0.15) is 0 Å². The molecule has 0 spiro atoms. The number of carbonyl (C=O) groups is 2. The molecule has 31 heavy (non-hydrogen) atoms. The van der Waals surface area contributed by atoms with Crippen molar-refractivity contribution in [2.75, 3.05) is 19.9 Å². The average molecular weight is 442 g/mol. The maximum Gasteiger partial charge on any atom is 0.251 e. The van der Waals surface area contributed by atoms with Crippen molar-refractivity contribution in [2.45, 2.75) is 25.7 Å². The van der Waals surface area contributed by atoms with Gasteiger partial charge in [0.15, 0.2) is 11.5 Å². The Bertz CT molecular complexity index is 1030. The number of hydrogen-bond donors (Lipinski definition) is 2. The molecule has 2 aromatic heterocycles. The Balaban J connectivity index is 1.08. The first-order valence-corrected chi connectivity index (χ1v) is 10.9. The van der Waals surface area contributed by atoms with E-state index in [2.05, 4.69) is 20.8 Å². The predicted octanol–water partition coefficient (Wildman–Crippen LogP) is 2.79. The summed E-state index contributed by atoms with van der Waals surface area (Å²) in [6.45, 7) is 0.609. The Hall–Kier alpha value is -3.40. The van der Waals surface area contributed by atoms with E-state index in [1.54, 1.807) is 29.5 Å². The number of thiophene rings is 1. The van der Waals surface area contributed by atoms with Gasteiger partial charge in [-0.15, -0.1) is 11.3 Å². The van der Waals surface area contributed by atoms with Crippen molar-refractivity contribution in [1.82, 2.24) is 20.8 Å². The Morgan fingerprint density at radius 3 is 2.84 bits per heavy atom. The molecule has 0 saturated heterocycles. The summed E-state index contributed by atoms with van der Waals surface area (Å²) < 4.78 is 15.7. The van der Waals surface area contributed by atoms with Crippen molar-refractivity contribution >= 4 is 23.2 Å². The quantitative estimate of drug-likeness (QED) is 0.464. The first-order valence-electron chi connectivity index (χ1n) is 10.00. The molecule has 2 N–H and O–H groups in total. The van der Waals surface area contributed by atoms with Gasteiger partial charge in [-0.25, -0.2) is 0 Å². The van der Waals surface area contributed by atoms with Gasteiger partial charge in [0.25, 0.3) is 5.91 Å². The summed E-state index contributed by atoms with van der Waals surface area (Å²) in [5, 5.41) is 11.4. The summed E-state index contributed by atoms with van der Waals surface area (Å²) in [5.41, 5.74) is 0.417. The van der Waals surface area contributed by atoms with Gasteiger partial charge in [-0.05, 0) is 42.5 Å². The van der Waals surface area contributed by atoms with Gasteiger partial charge in [-0.1, -0.05) is 17.6 Å². The van der Waals surface area contributed by atoms with Crippen molar-refractivity contribution in [3.8, 4) is 22.2 Å². The summed E-state index contributed by atoms with van der Waals surface area (Å²) >= 11 is 1.57. The third-order valence-electron chi connectivity index (χ3n) is 4.64. The lowest BCUT2D eigenvalue weighted by Crippen LogP contribution is -2.37. The second-order valence-electron chi connectivity index (χ2n) is 6.90. The van der Waals surface area contributed by atoms with E-state index in [1.165, 1.54) is 0 Å². The summed E-state index contributed by atoms with van der Waals surface area (Å²) in [6.07, 6.45) is 3.34. The van der Waals surface area contributed by atoms with E-state index >= 15 is 0 Å². The van der Waals surface area contributed by atoms with E-state index in [4.69, 9.17) is 14.0 Å². The number of rotatable bonds is 10. The Labute approximate surface area is 182 Å². The molecule has 2 amide bonds. The van der Waals surface area contributed by atoms with Crippen LogP contribution in [0.1, 0.15) is 35.5 Å². The summed E-state index contributed by atoms with van der Waals surface area (Å²) in [4.78, 5) is 29.5. The van der Waals surface area contributed by atoms with Crippen LogP contribution < -0.4 is 20.1 Å². The number of amides is 2. The van der Waals surface area contributed by atoms with Crippen LogP contribution in [0.15, 0.2) is 40.2 Å². The molecule has 9 nitrogen and oxygen atoms in total. The van der Waals surface area contributed by atoms with Crippen molar-refractivity contribution < 1.29 is 23.6 Å². The van der Waals surface area contributed by atoms with Crippen LogP contribution in [0.3, 0.4) is 0 Å². The maximum atomic E-state index is 12.2. The van der Waals surface area contributed by atoms with Crippen LogP contribution in [0.5, 0.6) is 11.5 Å². The van der Waals surface area contributed by atoms with Crippen LogP contribution in [0, 0.1) is 0 Å². The number of nitrogens with zero attached hydrogens (tertiary/aromatic N) is 2. The molecular formula is C21H22N4O5S. The molecule has 3 heterocycles. The minimum Gasteiger partial charge on any atom is -0.454 e. The Morgan fingerprint density at radius 1 is 1.06 bits per heavy atom. The van der Waals surface area contributed by atoms with Gasteiger partial charge in [-0.3, -0.25) is 9.59 Å². The lowest BCUT2D eigenvalue weighted by atomic mass is 10.2. The fourth-order valence-electron chi connectivity index (χ4n) is 3.03. The molecule has 1 aliphatic heterocycles. The molecule has 0 aliphatic carbocycles. The van der Waals surface area contributed by atoms with Crippen LogP contribution in [0.25, 0.3) is 10.7 Å². The molecule has 0 fully saturated rings. The number of aromatic nitrogens is 2. The van der Waals surface area contributed by atoms with Crippen LogP contribution in [0.4, 0.5) is 0 Å². The lowest BCUT2D eigenvalue weighted by Gasteiger charge is -2.07. The van der Waals surface area contributed by atoms with Gasteiger partial charge in [-0.2, -0.15) is 4.98 Å². The number of carbonyl (C=O) groups excluding carboxylic acids is 2. The predicted molar refractivity (Wildman–Crippen MR) is 113 cm³/mol. The second-order valence-corrected chi connectivity index (χ2v) is 7.85. The SMILES string of the molecule is O=C(CNC(=O)c1ccc2c(c1)OCO2)NCCCCCc1nc(-c2cccs2)no1. The van der Waals surface area contributed by atoms with E-state index in [0.29, 0.717) is 41.7 Å². The number of ether oxygens (including phenoxy) is 2. The van der Waals surface area contributed by atoms with Crippen molar-refractivity contribution in [1.29, 1.82) is 0 Å². The molecule has 10 heteroatoms. The highest BCUT2D eigenvalue weighted by atomic mass is 32.1. The average Bonchev–Trinajstić information content (AvgIpc) is 3.54. The third kappa shape index (κ3) is 5.60. The number of fused-ring (bicyclic) bond motifs is 1. The monoisotopic (exact) mass is 442 g/mol. The van der Waals surface area contributed by atoms with Gasteiger partial charge >= 0.3 is 0 Å². The smallest absolute Gasteiger partial charge is 0.251 e. The molecule has 162 valence electrons. The highest BCUT2D eigenvalue weighted by molar-refractivity contribution is 7.13. The fourth-order valence-corrected chi connectivity index (χ4v) is 3.68. The van der Waals surface area contributed by atoms with E-state index in [9.17, 15) is 9.59 Å². The number of unbranched alkanes of at least 4 members (excludes halogenated alkanes) is 2. The van der Waals surface area contributed by atoms with E-state index in [-0.39, 0.29) is 25.2 Å². The van der Waals surface area contributed by atoms with Crippen LogP contribution in [-0.2, 0) is 11.2 Å². The zero-order valence-corrected chi connectivity index (χ0v) is 17.6. The number of aryl methyl sites for hydroxylation is 1. The van der Waals surface area contributed by atoms with E-state index in [0.717, 1.165) is 24.1 Å². The molecule has 3 aromatic rings. The first kappa shape index (κ1) is 20.9. The molecule has 0 bridgehead atoms. The zero-order chi connectivity index (χ0) is 21.5. The molecule has 0 atom stereocenters. The van der Waals surface area contributed by atoms with Gasteiger partial charge in [0.2, 0.25) is 24.4 Å². The second kappa shape index (κ2) is 10.1. The minimum absolute atomic E-state index is 0.0826. The Kier molecular flexibility index (Phi) is 6.78.